The van der Waals surface area contributed by atoms with E-state index in [1.807, 2.05) is 12.3 Å². The first-order valence-corrected chi connectivity index (χ1v) is 6.27. The van der Waals surface area contributed by atoms with E-state index in [9.17, 15) is 9.59 Å². The molecule has 0 aromatic carbocycles. The highest BCUT2D eigenvalue weighted by atomic mass is 32.1. The second kappa shape index (κ2) is 5.57. The maximum Gasteiger partial charge on any atom is 0.356 e. The van der Waals surface area contributed by atoms with Crippen LogP contribution in [0.25, 0.3) is 0 Å². The molecule has 2 heterocycles. The molecule has 0 radical (unpaired) electrons. The lowest BCUT2D eigenvalue weighted by molar-refractivity contribution is 0.0594. The molecule has 98 valence electrons. The summed E-state index contributed by atoms with van der Waals surface area (Å²) < 4.78 is 4.55. The summed E-state index contributed by atoms with van der Waals surface area (Å²) in [5.74, 6) is -1.00. The van der Waals surface area contributed by atoms with Gasteiger partial charge < -0.3 is 4.74 Å². The van der Waals surface area contributed by atoms with E-state index in [4.69, 9.17) is 0 Å². The number of hydrogen-bond donors (Lipinski definition) is 1. The van der Waals surface area contributed by atoms with Crippen molar-refractivity contribution in [2.75, 3.05) is 12.4 Å². The normalized spacial score (nSPS) is 10.0. The van der Waals surface area contributed by atoms with Crippen LogP contribution >= 0.6 is 11.3 Å². The van der Waals surface area contributed by atoms with E-state index in [0.717, 1.165) is 5.69 Å². The summed E-state index contributed by atoms with van der Waals surface area (Å²) >= 11 is 1.33. The van der Waals surface area contributed by atoms with Crippen LogP contribution in [0.3, 0.4) is 0 Å². The van der Waals surface area contributed by atoms with Crippen molar-refractivity contribution < 1.29 is 14.3 Å². The topological polar surface area (TPSA) is 81.2 Å². The Labute approximate surface area is 113 Å². The van der Waals surface area contributed by atoms with Crippen LogP contribution in [0, 0.1) is 6.92 Å². The van der Waals surface area contributed by atoms with Gasteiger partial charge in [0.05, 0.1) is 12.8 Å². The van der Waals surface area contributed by atoms with Gasteiger partial charge in [0, 0.05) is 5.38 Å². The van der Waals surface area contributed by atoms with Crippen molar-refractivity contribution in [3.63, 3.8) is 0 Å². The van der Waals surface area contributed by atoms with Gasteiger partial charge in [-0.3, -0.25) is 10.1 Å². The van der Waals surface area contributed by atoms with Gasteiger partial charge in [-0.2, -0.15) is 0 Å². The Morgan fingerprint density at radius 3 is 2.63 bits per heavy atom. The molecule has 2 rings (SSSR count). The second-order valence-electron chi connectivity index (χ2n) is 3.65. The fraction of sp³-hybridized carbons (Fsp3) is 0.167. The van der Waals surface area contributed by atoms with Crippen LogP contribution in [0.4, 0.5) is 5.13 Å². The minimum Gasteiger partial charge on any atom is -0.464 e. The molecular formula is C12H11N3O3S. The van der Waals surface area contributed by atoms with Crippen LogP contribution < -0.4 is 5.32 Å². The molecule has 2 aromatic rings. The molecule has 1 amide bonds. The number of pyridine rings is 1. The first-order valence-electron chi connectivity index (χ1n) is 5.39. The molecule has 0 bridgehead atoms. The van der Waals surface area contributed by atoms with Gasteiger partial charge in [-0.05, 0) is 19.1 Å². The predicted octanol–water partition coefficient (Wildman–Crippen LogP) is 1.89. The van der Waals surface area contributed by atoms with Crippen molar-refractivity contribution in [3.05, 3.63) is 40.7 Å². The molecule has 0 aliphatic heterocycles. The monoisotopic (exact) mass is 277 g/mol. The minimum atomic E-state index is -0.584. The van der Waals surface area contributed by atoms with Crippen molar-refractivity contribution in [1.29, 1.82) is 0 Å². The molecule has 2 aromatic heterocycles. The summed E-state index contributed by atoms with van der Waals surface area (Å²) in [5.41, 5.74) is 1.05. The Balaban J connectivity index is 2.17. The number of carbonyl (C=O) groups excluding carboxylic acids is 2. The zero-order chi connectivity index (χ0) is 13.8. The SMILES string of the molecule is COC(=O)c1cccc(C(=O)Nc2nc(C)cs2)n1. The molecule has 6 nitrogen and oxygen atoms in total. The van der Waals surface area contributed by atoms with E-state index < -0.39 is 11.9 Å². The lowest BCUT2D eigenvalue weighted by Gasteiger charge is -2.03. The molecule has 0 fully saturated rings. The molecule has 0 aliphatic rings. The van der Waals surface area contributed by atoms with E-state index in [1.165, 1.54) is 30.6 Å². The third-order valence-electron chi connectivity index (χ3n) is 2.22. The Bertz CT molecular complexity index is 624. The Kier molecular flexibility index (Phi) is 3.86. The first kappa shape index (κ1) is 13.2. The quantitative estimate of drug-likeness (QED) is 0.866. The van der Waals surface area contributed by atoms with Gasteiger partial charge in [0.1, 0.15) is 11.4 Å². The molecule has 0 aliphatic carbocycles. The summed E-state index contributed by atoms with van der Waals surface area (Å²) in [6.45, 7) is 1.84. The molecule has 1 N–H and O–H groups in total. The van der Waals surface area contributed by atoms with Crippen molar-refractivity contribution in [3.8, 4) is 0 Å². The number of carbonyl (C=O) groups is 2. The van der Waals surface area contributed by atoms with Gasteiger partial charge in [-0.25, -0.2) is 14.8 Å². The number of anilines is 1. The summed E-state index contributed by atoms with van der Waals surface area (Å²) in [6, 6.07) is 4.57. The van der Waals surface area contributed by atoms with Crippen LogP contribution in [0.1, 0.15) is 26.7 Å². The van der Waals surface area contributed by atoms with Crippen LogP contribution in [0.15, 0.2) is 23.6 Å². The fourth-order valence-corrected chi connectivity index (χ4v) is 2.04. The van der Waals surface area contributed by atoms with E-state index in [-0.39, 0.29) is 11.4 Å². The first-order chi connectivity index (χ1) is 9.10. The molecule has 19 heavy (non-hydrogen) atoms. The number of hydrogen-bond acceptors (Lipinski definition) is 6. The molecular weight excluding hydrogens is 266 g/mol. The maximum atomic E-state index is 11.9. The standard InChI is InChI=1S/C12H11N3O3S/c1-7-6-19-12(13-7)15-10(16)8-4-3-5-9(14-8)11(17)18-2/h3-6H,1-2H3,(H,13,15,16). The molecule has 0 spiro atoms. The predicted molar refractivity (Wildman–Crippen MR) is 70.4 cm³/mol. The van der Waals surface area contributed by atoms with Crippen LogP contribution in [-0.2, 0) is 4.74 Å². The highest BCUT2D eigenvalue weighted by molar-refractivity contribution is 7.13. The number of aryl methyl sites for hydroxylation is 1. The van der Waals surface area contributed by atoms with E-state index in [1.54, 1.807) is 6.07 Å². The van der Waals surface area contributed by atoms with Crippen molar-refractivity contribution >= 4 is 28.3 Å². The van der Waals surface area contributed by atoms with Gasteiger partial charge in [0.15, 0.2) is 5.13 Å². The van der Waals surface area contributed by atoms with Gasteiger partial charge >= 0.3 is 5.97 Å². The smallest absolute Gasteiger partial charge is 0.356 e. The van der Waals surface area contributed by atoms with E-state index in [2.05, 4.69) is 20.0 Å². The molecule has 0 unspecified atom stereocenters. The van der Waals surface area contributed by atoms with Crippen molar-refractivity contribution in [2.45, 2.75) is 6.92 Å². The zero-order valence-corrected chi connectivity index (χ0v) is 11.2. The van der Waals surface area contributed by atoms with Gasteiger partial charge in [0.25, 0.3) is 5.91 Å². The lowest BCUT2D eigenvalue weighted by Crippen LogP contribution is -2.15. The molecule has 0 saturated carbocycles. The zero-order valence-electron chi connectivity index (χ0n) is 10.3. The Hall–Kier alpha value is -2.28. The highest BCUT2D eigenvalue weighted by Gasteiger charge is 2.13. The average molecular weight is 277 g/mol. The van der Waals surface area contributed by atoms with Crippen LogP contribution in [0.2, 0.25) is 0 Å². The Morgan fingerprint density at radius 1 is 1.26 bits per heavy atom. The van der Waals surface area contributed by atoms with Crippen LogP contribution in [-0.4, -0.2) is 29.0 Å². The van der Waals surface area contributed by atoms with Gasteiger partial charge in [-0.1, -0.05) is 6.07 Å². The minimum absolute atomic E-state index is 0.0884. The number of rotatable bonds is 3. The summed E-state index contributed by atoms with van der Waals surface area (Å²) in [5, 5.41) is 4.94. The van der Waals surface area contributed by atoms with E-state index in [0.29, 0.717) is 5.13 Å². The Morgan fingerprint density at radius 2 is 2.00 bits per heavy atom. The van der Waals surface area contributed by atoms with E-state index >= 15 is 0 Å². The number of nitrogens with one attached hydrogen (secondary N) is 1. The number of ether oxygens (including phenoxy) is 1. The van der Waals surface area contributed by atoms with Gasteiger partial charge in [-0.15, -0.1) is 11.3 Å². The van der Waals surface area contributed by atoms with Gasteiger partial charge in [0.2, 0.25) is 0 Å². The fourth-order valence-electron chi connectivity index (χ4n) is 1.35. The molecule has 7 heteroatoms. The number of aromatic nitrogens is 2. The second-order valence-corrected chi connectivity index (χ2v) is 4.51. The third-order valence-corrected chi connectivity index (χ3v) is 3.09. The number of nitrogens with zero attached hydrogens (tertiary/aromatic N) is 2. The molecule has 0 saturated heterocycles. The molecule has 0 atom stereocenters. The average Bonchev–Trinajstić information content (AvgIpc) is 2.83. The number of amides is 1. The number of methoxy groups -OCH3 is 1. The summed E-state index contributed by atoms with van der Waals surface area (Å²) in [7, 11) is 1.26. The number of thiazole rings is 1. The lowest BCUT2D eigenvalue weighted by atomic mass is 10.3. The largest absolute Gasteiger partial charge is 0.464 e. The third kappa shape index (κ3) is 3.14. The van der Waals surface area contributed by atoms with Crippen molar-refractivity contribution in [2.24, 2.45) is 0 Å². The van der Waals surface area contributed by atoms with Crippen molar-refractivity contribution in [1.82, 2.24) is 9.97 Å². The number of esters is 1. The highest BCUT2D eigenvalue weighted by Crippen LogP contribution is 2.15. The van der Waals surface area contributed by atoms with Crippen LogP contribution in [0.5, 0.6) is 0 Å². The maximum absolute atomic E-state index is 11.9. The summed E-state index contributed by atoms with van der Waals surface area (Å²) in [6.07, 6.45) is 0. The summed E-state index contributed by atoms with van der Waals surface area (Å²) in [4.78, 5) is 31.3.